The normalized spacial score (nSPS) is 15.9. The van der Waals surface area contributed by atoms with Crippen LogP contribution >= 0.6 is 0 Å². The van der Waals surface area contributed by atoms with Crippen LogP contribution in [0.5, 0.6) is 0 Å². The van der Waals surface area contributed by atoms with Gasteiger partial charge in [-0.05, 0) is 38.6 Å². The molecule has 0 radical (unpaired) electrons. The van der Waals surface area contributed by atoms with Crippen LogP contribution in [0, 0.1) is 5.92 Å². The van der Waals surface area contributed by atoms with Crippen molar-refractivity contribution >= 4 is 0 Å². The van der Waals surface area contributed by atoms with Gasteiger partial charge in [-0.2, -0.15) is 0 Å². The van der Waals surface area contributed by atoms with Gasteiger partial charge in [0.15, 0.2) is 0 Å². The predicted molar refractivity (Wildman–Crippen MR) is 62.6 cm³/mol. The van der Waals surface area contributed by atoms with Crippen LogP contribution in [0.25, 0.3) is 0 Å². The molecule has 0 aliphatic heterocycles. The Balaban J connectivity index is 3.72. The van der Waals surface area contributed by atoms with Crippen LogP contribution in [0.15, 0.2) is 0 Å². The first kappa shape index (κ1) is 13.9. The van der Waals surface area contributed by atoms with E-state index in [1.165, 1.54) is 12.8 Å². The highest BCUT2D eigenvalue weighted by Crippen LogP contribution is 2.12. The van der Waals surface area contributed by atoms with Crippen molar-refractivity contribution in [2.45, 2.75) is 59.1 Å². The van der Waals surface area contributed by atoms with E-state index in [1.54, 1.807) is 7.11 Å². The lowest BCUT2D eigenvalue weighted by Crippen LogP contribution is -2.31. The van der Waals surface area contributed by atoms with E-state index in [4.69, 9.17) is 4.74 Å². The van der Waals surface area contributed by atoms with Gasteiger partial charge in [-0.25, -0.2) is 0 Å². The fourth-order valence-electron chi connectivity index (χ4n) is 1.71. The molecule has 0 aromatic heterocycles. The van der Waals surface area contributed by atoms with E-state index in [-0.39, 0.29) is 0 Å². The number of ether oxygens (including phenoxy) is 1. The largest absolute Gasteiger partial charge is 0.382 e. The predicted octanol–water partition coefficient (Wildman–Crippen LogP) is 2.83. The minimum atomic E-state index is 0.392. The summed E-state index contributed by atoms with van der Waals surface area (Å²) in [5.74, 6) is 0.775. The first-order chi connectivity index (χ1) is 6.60. The molecule has 0 rings (SSSR count). The molecule has 2 atom stereocenters. The summed E-state index contributed by atoms with van der Waals surface area (Å²) in [7, 11) is 1.79. The molecule has 0 bridgehead atoms. The van der Waals surface area contributed by atoms with Crippen molar-refractivity contribution in [3.8, 4) is 0 Å². The van der Waals surface area contributed by atoms with E-state index in [0.29, 0.717) is 12.1 Å². The van der Waals surface area contributed by atoms with Gasteiger partial charge in [0, 0.05) is 13.2 Å². The minimum Gasteiger partial charge on any atom is -0.382 e. The number of rotatable bonds is 8. The Hall–Kier alpha value is -0.0800. The van der Waals surface area contributed by atoms with Gasteiger partial charge in [0.1, 0.15) is 0 Å². The standard InChI is InChI=1S/C12H27NO/c1-6-13-12(9-10(2)3)8-7-11(4)14-5/h10-13H,6-9H2,1-5H3. The molecular formula is C12H27NO. The Morgan fingerprint density at radius 3 is 2.21 bits per heavy atom. The van der Waals surface area contributed by atoms with Crippen molar-refractivity contribution in [1.29, 1.82) is 0 Å². The molecule has 0 saturated heterocycles. The lowest BCUT2D eigenvalue weighted by Gasteiger charge is -2.21. The quantitative estimate of drug-likeness (QED) is 0.652. The molecule has 2 heteroatoms. The van der Waals surface area contributed by atoms with Gasteiger partial charge in [-0.1, -0.05) is 20.8 Å². The number of methoxy groups -OCH3 is 1. The fourth-order valence-corrected chi connectivity index (χ4v) is 1.71. The van der Waals surface area contributed by atoms with Gasteiger partial charge in [0.25, 0.3) is 0 Å². The second-order valence-corrected chi connectivity index (χ2v) is 4.51. The molecule has 0 spiro atoms. The molecule has 0 saturated carbocycles. The second kappa shape index (κ2) is 8.25. The summed E-state index contributed by atoms with van der Waals surface area (Å²) in [6, 6.07) is 0.664. The van der Waals surface area contributed by atoms with Crippen LogP contribution in [0.3, 0.4) is 0 Å². The van der Waals surface area contributed by atoms with E-state index in [9.17, 15) is 0 Å². The van der Waals surface area contributed by atoms with Gasteiger partial charge < -0.3 is 10.1 Å². The average Bonchev–Trinajstić information content (AvgIpc) is 2.13. The SMILES string of the molecule is CCNC(CCC(C)OC)CC(C)C. The number of hydrogen-bond acceptors (Lipinski definition) is 2. The zero-order chi connectivity index (χ0) is 11.0. The van der Waals surface area contributed by atoms with Gasteiger partial charge in [0.2, 0.25) is 0 Å². The summed E-state index contributed by atoms with van der Waals surface area (Å²) >= 11 is 0. The molecule has 0 amide bonds. The summed E-state index contributed by atoms with van der Waals surface area (Å²) in [5.41, 5.74) is 0. The van der Waals surface area contributed by atoms with Crippen molar-refractivity contribution in [3.05, 3.63) is 0 Å². The maximum Gasteiger partial charge on any atom is 0.0543 e. The van der Waals surface area contributed by atoms with Crippen LogP contribution in [-0.2, 0) is 4.74 Å². The maximum atomic E-state index is 5.26. The van der Waals surface area contributed by atoms with Crippen molar-refractivity contribution in [2.24, 2.45) is 5.92 Å². The maximum absolute atomic E-state index is 5.26. The van der Waals surface area contributed by atoms with Crippen molar-refractivity contribution < 1.29 is 4.74 Å². The monoisotopic (exact) mass is 201 g/mol. The van der Waals surface area contributed by atoms with Gasteiger partial charge in [-0.15, -0.1) is 0 Å². The van der Waals surface area contributed by atoms with Crippen LogP contribution in [0.4, 0.5) is 0 Å². The van der Waals surface area contributed by atoms with Crippen LogP contribution in [-0.4, -0.2) is 25.8 Å². The lowest BCUT2D eigenvalue weighted by atomic mass is 9.98. The summed E-state index contributed by atoms with van der Waals surface area (Å²) in [6.45, 7) is 9.94. The van der Waals surface area contributed by atoms with E-state index < -0.39 is 0 Å². The summed E-state index contributed by atoms with van der Waals surface area (Å²) in [5, 5.41) is 3.54. The van der Waals surface area contributed by atoms with Gasteiger partial charge in [0.05, 0.1) is 6.10 Å². The van der Waals surface area contributed by atoms with E-state index in [2.05, 4.69) is 33.0 Å². The lowest BCUT2D eigenvalue weighted by molar-refractivity contribution is 0.105. The molecule has 0 fully saturated rings. The molecule has 86 valence electrons. The zero-order valence-corrected chi connectivity index (χ0v) is 10.5. The van der Waals surface area contributed by atoms with Crippen LogP contribution in [0.1, 0.15) is 47.0 Å². The third-order valence-electron chi connectivity index (χ3n) is 2.57. The third-order valence-corrected chi connectivity index (χ3v) is 2.57. The van der Waals surface area contributed by atoms with Crippen molar-refractivity contribution in [3.63, 3.8) is 0 Å². The molecule has 14 heavy (non-hydrogen) atoms. The Labute approximate surface area is 89.4 Å². The van der Waals surface area contributed by atoms with Crippen molar-refractivity contribution in [2.75, 3.05) is 13.7 Å². The molecule has 0 aliphatic rings. The van der Waals surface area contributed by atoms with E-state index >= 15 is 0 Å². The van der Waals surface area contributed by atoms with E-state index in [0.717, 1.165) is 18.9 Å². The fraction of sp³-hybridized carbons (Fsp3) is 1.00. The van der Waals surface area contributed by atoms with Crippen LogP contribution < -0.4 is 5.32 Å². The number of nitrogens with one attached hydrogen (secondary N) is 1. The highest BCUT2D eigenvalue weighted by Gasteiger charge is 2.11. The third kappa shape index (κ3) is 7.34. The zero-order valence-electron chi connectivity index (χ0n) is 10.5. The molecular weight excluding hydrogens is 174 g/mol. The summed E-state index contributed by atoms with van der Waals surface area (Å²) < 4.78 is 5.26. The second-order valence-electron chi connectivity index (χ2n) is 4.51. The average molecular weight is 201 g/mol. The molecule has 1 N–H and O–H groups in total. The first-order valence-electron chi connectivity index (χ1n) is 5.86. The molecule has 2 unspecified atom stereocenters. The molecule has 0 aromatic carbocycles. The first-order valence-corrected chi connectivity index (χ1v) is 5.86. The van der Waals surface area contributed by atoms with Gasteiger partial charge >= 0.3 is 0 Å². The highest BCUT2D eigenvalue weighted by atomic mass is 16.5. The molecule has 0 heterocycles. The molecule has 2 nitrogen and oxygen atoms in total. The Kier molecular flexibility index (Phi) is 8.20. The van der Waals surface area contributed by atoms with Crippen LogP contribution in [0.2, 0.25) is 0 Å². The Bertz CT molecular complexity index is 125. The number of hydrogen-bond donors (Lipinski definition) is 1. The Morgan fingerprint density at radius 2 is 1.79 bits per heavy atom. The Morgan fingerprint density at radius 1 is 1.14 bits per heavy atom. The van der Waals surface area contributed by atoms with Gasteiger partial charge in [-0.3, -0.25) is 0 Å². The van der Waals surface area contributed by atoms with Crippen molar-refractivity contribution in [1.82, 2.24) is 5.32 Å². The molecule has 0 aromatic rings. The smallest absolute Gasteiger partial charge is 0.0543 e. The minimum absolute atomic E-state index is 0.392. The summed E-state index contributed by atoms with van der Waals surface area (Å²) in [6.07, 6.45) is 4.04. The molecule has 0 aliphatic carbocycles. The van der Waals surface area contributed by atoms with E-state index in [1.807, 2.05) is 0 Å². The topological polar surface area (TPSA) is 21.3 Å². The highest BCUT2D eigenvalue weighted by molar-refractivity contribution is 4.69. The summed E-state index contributed by atoms with van der Waals surface area (Å²) in [4.78, 5) is 0.